The quantitative estimate of drug-likeness (QED) is 0.189. The van der Waals surface area contributed by atoms with E-state index in [9.17, 15) is 28.0 Å². The number of benzodiazepines with no additional fused rings is 1. The van der Waals surface area contributed by atoms with E-state index in [1.54, 1.807) is 70.4 Å². The molecule has 0 radical (unpaired) electrons. The summed E-state index contributed by atoms with van der Waals surface area (Å²) in [7, 11) is 0. The summed E-state index contributed by atoms with van der Waals surface area (Å²) in [6.45, 7) is -0.802. The van der Waals surface area contributed by atoms with Gasteiger partial charge in [0.1, 0.15) is 6.54 Å². The average molecular weight is 627 g/mol. The Bertz CT molecular complexity index is 1870. The van der Waals surface area contributed by atoms with Gasteiger partial charge in [-0.05, 0) is 24.5 Å². The number of carbonyl (C=O) groups excluding carboxylic acids is 1. The van der Waals surface area contributed by atoms with Crippen LogP contribution in [0.1, 0.15) is 30.0 Å². The van der Waals surface area contributed by atoms with Crippen molar-refractivity contribution in [2.45, 2.75) is 31.2 Å². The molecule has 0 bridgehead atoms. The smallest absolute Gasteiger partial charge is 0.342 e. The van der Waals surface area contributed by atoms with Crippen molar-refractivity contribution in [3.8, 4) is 17.5 Å². The number of nitrogens with zero attached hydrogens (tertiary/aromatic N) is 6. The molecule has 0 saturated carbocycles. The maximum absolute atomic E-state index is 13.8. The number of para-hydroxylation sites is 1. The number of hydrogen-bond acceptors (Lipinski definition) is 5. The fourth-order valence-electron chi connectivity index (χ4n) is 5.86. The highest BCUT2D eigenvalue weighted by atomic mass is 19.4. The second-order valence-corrected chi connectivity index (χ2v) is 10.9. The monoisotopic (exact) mass is 626 g/mol. The Morgan fingerprint density at radius 1 is 0.957 bits per heavy atom. The zero-order valence-electron chi connectivity index (χ0n) is 24.5. The third kappa shape index (κ3) is 6.41. The first kappa shape index (κ1) is 30.4. The molecule has 2 aliphatic rings. The second-order valence-electron chi connectivity index (χ2n) is 10.9. The van der Waals surface area contributed by atoms with E-state index in [1.807, 2.05) is 30.3 Å². The first-order chi connectivity index (χ1) is 22.2. The summed E-state index contributed by atoms with van der Waals surface area (Å²) in [5, 5.41) is 12.4. The van der Waals surface area contributed by atoms with E-state index in [-0.39, 0.29) is 23.4 Å². The summed E-state index contributed by atoms with van der Waals surface area (Å²) in [6, 6.07) is 24.5. The minimum absolute atomic E-state index is 0.0137. The average Bonchev–Trinajstić information content (AvgIpc) is 3.42. The normalized spacial score (nSPS) is 17.6. The Hall–Kier alpha value is -5.64. The molecule has 1 fully saturated rings. The van der Waals surface area contributed by atoms with Crippen molar-refractivity contribution in [1.82, 2.24) is 19.8 Å². The maximum Gasteiger partial charge on any atom is 0.406 e. The number of amides is 1. The third-order valence-corrected chi connectivity index (χ3v) is 8.00. The number of nitrogens with one attached hydrogen (secondary N) is 2. The lowest BCUT2D eigenvalue weighted by Gasteiger charge is -2.35. The molecule has 6 rings (SSSR count). The fraction of sp³-hybridized carbons (Fsp3) is 0.242. The number of imidazole rings is 1. The molecule has 0 spiro atoms. The van der Waals surface area contributed by atoms with Crippen LogP contribution in [-0.2, 0) is 4.79 Å². The number of rotatable bonds is 5. The highest BCUT2D eigenvalue weighted by Crippen LogP contribution is 2.31. The van der Waals surface area contributed by atoms with Gasteiger partial charge in [0.2, 0.25) is 18.3 Å². The highest BCUT2D eigenvalue weighted by molar-refractivity contribution is 6.20. The minimum atomic E-state index is -4.69. The van der Waals surface area contributed by atoms with Crippen molar-refractivity contribution in [3.05, 3.63) is 113 Å². The SMILES string of the molecule is N#C/N=C(\N[C@@H]1N=C(c2ccccc2)c2ccccc2N(CC(F)(F)F)C1=O)N1CCC(n2cc(-c3ccccc3)[nH]c2=O)CC1. The number of carbonyl (C=O) groups is 1. The number of nitriles is 1. The van der Waals surface area contributed by atoms with Crippen LogP contribution in [0.15, 0.2) is 106 Å². The van der Waals surface area contributed by atoms with Crippen LogP contribution >= 0.6 is 0 Å². The van der Waals surface area contributed by atoms with Crippen molar-refractivity contribution in [3.63, 3.8) is 0 Å². The molecule has 1 saturated heterocycles. The number of H-pyrrole nitrogens is 1. The number of fused-ring (bicyclic) bond motifs is 1. The van der Waals surface area contributed by atoms with Gasteiger partial charge in [-0.3, -0.25) is 14.3 Å². The molecular formula is C33H29F3N8O2. The molecule has 1 amide bonds. The maximum atomic E-state index is 13.8. The summed E-state index contributed by atoms with van der Waals surface area (Å²) in [5.41, 5.74) is 2.71. The van der Waals surface area contributed by atoms with Gasteiger partial charge in [0, 0.05) is 36.5 Å². The van der Waals surface area contributed by atoms with E-state index in [0.717, 1.165) is 5.56 Å². The molecule has 46 heavy (non-hydrogen) atoms. The molecule has 2 N–H and O–H groups in total. The van der Waals surface area contributed by atoms with Gasteiger partial charge in [-0.25, -0.2) is 9.79 Å². The summed E-state index contributed by atoms with van der Waals surface area (Å²) in [5.74, 6) is -0.927. The van der Waals surface area contributed by atoms with E-state index < -0.39 is 24.8 Å². The largest absolute Gasteiger partial charge is 0.406 e. The summed E-state index contributed by atoms with van der Waals surface area (Å²) in [6.07, 6.45) is -1.65. The van der Waals surface area contributed by atoms with E-state index >= 15 is 0 Å². The Balaban J connectivity index is 1.28. The summed E-state index contributed by atoms with van der Waals surface area (Å²) < 4.78 is 43.1. The standard InChI is InChI=1S/C33H29F3N8O2/c34-33(35,36)20-44-27-14-8-7-13-25(27)28(23-11-5-2-6-12-23)40-29(30(44)45)41-31(38-21-37)42-17-15-24(16-18-42)43-19-26(39-32(43)46)22-9-3-1-4-10-22/h1-14,19,24,29H,15-18,20H2,(H,38,41)(H,39,46)/t29-/m0/s1. The topological polar surface area (TPSA) is 122 Å². The van der Waals surface area contributed by atoms with Gasteiger partial charge in [0.05, 0.1) is 17.1 Å². The Labute approximate surface area is 262 Å². The van der Waals surface area contributed by atoms with E-state index in [0.29, 0.717) is 53.4 Å². The van der Waals surface area contributed by atoms with Gasteiger partial charge >= 0.3 is 11.9 Å². The van der Waals surface area contributed by atoms with Crippen LogP contribution < -0.4 is 15.9 Å². The predicted molar refractivity (Wildman–Crippen MR) is 167 cm³/mol. The molecule has 0 aliphatic carbocycles. The molecule has 3 heterocycles. The van der Waals surface area contributed by atoms with Crippen LogP contribution in [0.3, 0.4) is 0 Å². The Kier molecular flexibility index (Phi) is 8.43. The molecule has 234 valence electrons. The van der Waals surface area contributed by atoms with E-state index in [1.165, 1.54) is 6.07 Å². The van der Waals surface area contributed by atoms with Gasteiger partial charge in [0.15, 0.2) is 0 Å². The molecule has 0 unspecified atom stereocenters. The first-order valence-corrected chi connectivity index (χ1v) is 14.7. The number of aromatic nitrogens is 2. The van der Waals surface area contributed by atoms with Crippen LogP contribution in [0, 0.1) is 11.5 Å². The Morgan fingerprint density at radius 2 is 1.59 bits per heavy atom. The molecule has 3 aromatic carbocycles. The number of anilines is 1. The number of halogens is 3. The molecule has 2 aliphatic heterocycles. The number of benzene rings is 3. The number of guanidine groups is 1. The lowest BCUT2D eigenvalue weighted by atomic mass is 10.0. The minimum Gasteiger partial charge on any atom is -0.342 e. The number of aliphatic imine (C=N–C) groups is 2. The van der Waals surface area contributed by atoms with Crippen LogP contribution in [0.5, 0.6) is 0 Å². The molecule has 13 heteroatoms. The zero-order valence-corrected chi connectivity index (χ0v) is 24.5. The molecule has 10 nitrogen and oxygen atoms in total. The van der Waals surface area contributed by atoms with E-state index in [4.69, 9.17) is 0 Å². The number of piperidine rings is 1. The fourth-order valence-corrected chi connectivity index (χ4v) is 5.86. The van der Waals surface area contributed by atoms with Crippen LogP contribution in [0.4, 0.5) is 18.9 Å². The van der Waals surface area contributed by atoms with Crippen molar-refractivity contribution in [2.75, 3.05) is 24.5 Å². The van der Waals surface area contributed by atoms with Crippen molar-refractivity contribution in [1.29, 1.82) is 5.26 Å². The number of aromatic amines is 1. The van der Waals surface area contributed by atoms with Crippen LogP contribution in [0.2, 0.25) is 0 Å². The van der Waals surface area contributed by atoms with E-state index in [2.05, 4.69) is 20.3 Å². The highest BCUT2D eigenvalue weighted by Gasteiger charge is 2.40. The number of likely N-dealkylation sites (tertiary alicyclic amines) is 1. The lowest BCUT2D eigenvalue weighted by molar-refractivity contribution is -0.133. The zero-order chi connectivity index (χ0) is 32.3. The molecule has 1 aromatic heterocycles. The van der Waals surface area contributed by atoms with Gasteiger partial charge in [-0.1, -0.05) is 78.9 Å². The van der Waals surface area contributed by atoms with Crippen molar-refractivity contribution < 1.29 is 18.0 Å². The first-order valence-electron chi connectivity index (χ1n) is 14.7. The molecular weight excluding hydrogens is 597 g/mol. The summed E-state index contributed by atoms with van der Waals surface area (Å²) in [4.78, 5) is 40.5. The lowest BCUT2D eigenvalue weighted by Crippen LogP contribution is -2.54. The predicted octanol–water partition coefficient (Wildman–Crippen LogP) is 4.68. The van der Waals surface area contributed by atoms with Gasteiger partial charge in [-0.2, -0.15) is 18.4 Å². The number of hydrogen-bond donors (Lipinski definition) is 2. The van der Waals surface area contributed by atoms with Crippen molar-refractivity contribution >= 4 is 23.3 Å². The van der Waals surface area contributed by atoms with Crippen molar-refractivity contribution in [2.24, 2.45) is 9.98 Å². The second kappa shape index (κ2) is 12.8. The van der Waals surface area contributed by atoms with Gasteiger partial charge < -0.3 is 15.2 Å². The van der Waals surface area contributed by atoms with Crippen LogP contribution in [0.25, 0.3) is 11.3 Å². The molecule has 1 atom stereocenters. The molecule has 4 aromatic rings. The van der Waals surface area contributed by atoms with Gasteiger partial charge in [-0.15, -0.1) is 4.99 Å². The van der Waals surface area contributed by atoms with Crippen LogP contribution in [-0.4, -0.2) is 64.0 Å². The Morgan fingerprint density at radius 3 is 2.24 bits per heavy atom. The van der Waals surface area contributed by atoms with Gasteiger partial charge in [0.25, 0.3) is 5.91 Å². The number of alkyl halides is 3. The third-order valence-electron chi connectivity index (χ3n) is 8.00. The summed E-state index contributed by atoms with van der Waals surface area (Å²) >= 11 is 0.